The van der Waals surface area contributed by atoms with E-state index < -0.39 is 0 Å². The number of halogens is 1. The van der Waals surface area contributed by atoms with Crippen molar-refractivity contribution in [3.8, 4) is 17.2 Å². The second kappa shape index (κ2) is 11.0. The van der Waals surface area contributed by atoms with Crippen molar-refractivity contribution in [3.63, 3.8) is 0 Å². The van der Waals surface area contributed by atoms with Gasteiger partial charge in [0, 0.05) is 38.9 Å². The number of benzene rings is 3. The van der Waals surface area contributed by atoms with Crippen LogP contribution in [-0.4, -0.2) is 33.2 Å². The largest absolute Gasteiger partial charge is 0.454 e. The summed E-state index contributed by atoms with van der Waals surface area (Å²) in [5.41, 5.74) is 2.67. The molecule has 0 aliphatic carbocycles. The molecule has 0 atom stereocenters. The third kappa shape index (κ3) is 5.88. The van der Waals surface area contributed by atoms with Gasteiger partial charge in [-0.25, -0.2) is 0 Å². The fourth-order valence-corrected chi connectivity index (χ4v) is 4.79. The van der Waals surface area contributed by atoms with Gasteiger partial charge < -0.3 is 20.1 Å². The van der Waals surface area contributed by atoms with Crippen molar-refractivity contribution in [2.24, 2.45) is 0 Å². The summed E-state index contributed by atoms with van der Waals surface area (Å²) in [6, 6.07) is 23.6. The summed E-state index contributed by atoms with van der Waals surface area (Å²) in [7, 11) is 0. The highest BCUT2D eigenvalue weighted by Gasteiger charge is 2.16. The zero-order chi connectivity index (χ0) is 24.0. The Morgan fingerprint density at radius 2 is 1.74 bits per heavy atom. The molecule has 2 N–H and O–H groups in total. The van der Waals surface area contributed by atoms with Gasteiger partial charge in [0.05, 0.1) is 6.54 Å². The molecular formula is C25H22IN5O3S. The molecule has 0 unspecified atom stereocenters. The summed E-state index contributed by atoms with van der Waals surface area (Å²) >= 11 is 3.79. The maximum Gasteiger partial charge on any atom is 0.231 e. The van der Waals surface area contributed by atoms with E-state index in [0.29, 0.717) is 35.9 Å². The molecule has 3 aromatic carbocycles. The number of amides is 1. The highest BCUT2D eigenvalue weighted by atomic mass is 127. The van der Waals surface area contributed by atoms with Gasteiger partial charge in [0.25, 0.3) is 0 Å². The quantitative estimate of drug-likeness (QED) is 0.199. The van der Waals surface area contributed by atoms with Crippen molar-refractivity contribution in [2.75, 3.05) is 23.2 Å². The Morgan fingerprint density at radius 1 is 0.971 bits per heavy atom. The molecule has 1 aromatic heterocycles. The van der Waals surface area contributed by atoms with Crippen LogP contribution in [0.3, 0.4) is 0 Å². The van der Waals surface area contributed by atoms with Gasteiger partial charge in [-0.2, -0.15) is 0 Å². The van der Waals surface area contributed by atoms with E-state index in [1.165, 1.54) is 15.3 Å². The molecule has 35 heavy (non-hydrogen) atoms. The molecule has 4 aromatic rings. The molecule has 8 nitrogen and oxygen atoms in total. The highest BCUT2D eigenvalue weighted by Crippen LogP contribution is 2.34. The third-order valence-electron chi connectivity index (χ3n) is 5.23. The Balaban J connectivity index is 1.23. The van der Waals surface area contributed by atoms with Crippen LogP contribution in [-0.2, 0) is 11.3 Å². The Bertz CT molecular complexity index is 1310. The Morgan fingerprint density at radius 3 is 2.57 bits per heavy atom. The topological polar surface area (TPSA) is 90.3 Å². The number of aromatic nitrogens is 3. The van der Waals surface area contributed by atoms with Crippen LogP contribution in [0.2, 0.25) is 0 Å². The standard InChI is InChI=1S/C25H22IN5O3S/c26-17-6-8-18(9-7-17)27-15-23-29-30-25(31(23)20-4-2-1-3-5-20)35-13-12-24(32)28-19-10-11-21-22(14-19)34-16-33-21/h1-11,14,27H,12-13,15-16H2,(H,28,32). The highest BCUT2D eigenvalue weighted by molar-refractivity contribution is 14.1. The number of anilines is 2. The van der Waals surface area contributed by atoms with E-state index in [1.807, 2.05) is 47.0 Å². The maximum atomic E-state index is 12.5. The van der Waals surface area contributed by atoms with Gasteiger partial charge in [-0.15, -0.1) is 10.2 Å². The predicted molar refractivity (Wildman–Crippen MR) is 144 cm³/mol. The molecule has 0 saturated heterocycles. The van der Waals surface area contributed by atoms with Crippen molar-refractivity contribution in [3.05, 3.63) is 82.2 Å². The van der Waals surface area contributed by atoms with Gasteiger partial charge in [-0.05, 0) is 71.1 Å². The molecule has 0 fully saturated rings. The summed E-state index contributed by atoms with van der Waals surface area (Å²) in [4.78, 5) is 12.5. The Labute approximate surface area is 220 Å². The number of nitrogens with one attached hydrogen (secondary N) is 2. The zero-order valence-electron chi connectivity index (χ0n) is 18.6. The van der Waals surface area contributed by atoms with Crippen LogP contribution in [0.15, 0.2) is 78.0 Å². The smallest absolute Gasteiger partial charge is 0.231 e. The van der Waals surface area contributed by atoms with E-state index in [9.17, 15) is 4.79 Å². The number of carbonyl (C=O) groups is 1. The molecule has 0 bridgehead atoms. The third-order valence-corrected chi connectivity index (χ3v) is 6.88. The molecule has 0 radical (unpaired) electrons. The lowest BCUT2D eigenvalue weighted by atomic mass is 10.2. The van der Waals surface area contributed by atoms with Gasteiger partial charge >= 0.3 is 0 Å². The van der Waals surface area contributed by atoms with E-state index in [1.54, 1.807) is 18.2 Å². The van der Waals surface area contributed by atoms with Crippen LogP contribution >= 0.6 is 34.4 Å². The number of hydrogen-bond acceptors (Lipinski definition) is 7. The van der Waals surface area contributed by atoms with Crippen LogP contribution in [0.5, 0.6) is 11.5 Å². The number of thioether (sulfide) groups is 1. The van der Waals surface area contributed by atoms with Crippen molar-refractivity contribution < 1.29 is 14.3 Å². The number of para-hydroxylation sites is 1. The first-order valence-electron chi connectivity index (χ1n) is 11.0. The lowest BCUT2D eigenvalue weighted by Crippen LogP contribution is -2.12. The number of fused-ring (bicyclic) bond motifs is 1. The van der Waals surface area contributed by atoms with E-state index in [4.69, 9.17) is 9.47 Å². The Hall–Kier alpha value is -3.25. The molecule has 1 aliphatic rings. The van der Waals surface area contributed by atoms with Crippen molar-refractivity contribution in [1.82, 2.24) is 14.8 Å². The number of hydrogen-bond donors (Lipinski definition) is 2. The summed E-state index contributed by atoms with van der Waals surface area (Å²) in [5.74, 6) is 2.60. The monoisotopic (exact) mass is 599 g/mol. The average Bonchev–Trinajstić information content (AvgIpc) is 3.51. The van der Waals surface area contributed by atoms with E-state index >= 15 is 0 Å². The zero-order valence-corrected chi connectivity index (χ0v) is 21.6. The van der Waals surface area contributed by atoms with Crippen molar-refractivity contribution in [1.29, 1.82) is 0 Å². The minimum absolute atomic E-state index is 0.0808. The van der Waals surface area contributed by atoms with Crippen LogP contribution in [0, 0.1) is 3.57 Å². The normalized spacial score (nSPS) is 11.9. The lowest BCUT2D eigenvalue weighted by Gasteiger charge is -2.11. The van der Waals surface area contributed by atoms with Gasteiger partial charge in [0.1, 0.15) is 0 Å². The average molecular weight is 599 g/mol. The SMILES string of the molecule is O=C(CCSc1nnc(CNc2ccc(I)cc2)n1-c1ccccc1)Nc1ccc2c(c1)OCO2. The Kier molecular flexibility index (Phi) is 7.38. The predicted octanol–water partition coefficient (Wildman–Crippen LogP) is 5.33. The molecule has 1 aliphatic heterocycles. The summed E-state index contributed by atoms with van der Waals surface area (Å²) in [6.45, 7) is 0.724. The molecule has 0 spiro atoms. The van der Waals surface area contributed by atoms with Crippen LogP contribution in [0.25, 0.3) is 5.69 Å². The van der Waals surface area contributed by atoms with Crippen LogP contribution in [0.4, 0.5) is 11.4 Å². The van der Waals surface area contributed by atoms with Crippen molar-refractivity contribution >= 4 is 51.6 Å². The fraction of sp³-hybridized carbons (Fsp3) is 0.160. The molecule has 178 valence electrons. The first-order chi connectivity index (χ1) is 17.2. The minimum atomic E-state index is -0.0808. The fourth-order valence-electron chi connectivity index (χ4n) is 3.53. The molecule has 0 saturated carbocycles. The van der Waals surface area contributed by atoms with Gasteiger partial charge in [0.15, 0.2) is 22.5 Å². The molecular weight excluding hydrogens is 577 g/mol. The molecule has 5 rings (SSSR count). The maximum absolute atomic E-state index is 12.5. The molecule has 10 heteroatoms. The number of ether oxygens (including phenoxy) is 2. The van der Waals surface area contributed by atoms with Gasteiger partial charge in [-0.1, -0.05) is 30.0 Å². The van der Waals surface area contributed by atoms with E-state index in [0.717, 1.165) is 22.4 Å². The van der Waals surface area contributed by atoms with Gasteiger partial charge in [-0.3, -0.25) is 9.36 Å². The summed E-state index contributed by atoms with van der Waals surface area (Å²) in [6.07, 6.45) is 0.330. The summed E-state index contributed by atoms with van der Waals surface area (Å²) < 4.78 is 13.9. The lowest BCUT2D eigenvalue weighted by molar-refractivity contribution is -0.115. The first kappa shape index (κ1) is 23.5. The number of carbonyl (C=O) groups excluding carboxylic acids is 1. The second-order valence-corrected chi connectivity index (χ2v) is 9.95. The van der Waals surface area contributed by atoms with Gasteiger partial charge in [0.2, 0.25) is 12.7 Å². The van der Waals surface area contributed by atoms with Crippen LogP contribution in [0.1, 0.15) is 12.2 Å². The van der Waals surface area contributed by atoms with E-state index in [2.05, 4.69) is 55.6 Å². The minimum Gasteiger partial charge on any atom is -0.454 e. The molecule has 2 heterocycles. The summed E-state index contributed by atoms with van der Waals surface area (Å²) in [5, 5.41) is 15.9. The second-order valence-electron chi connectivity index (χ2n) is 7.64. The first-order valence-corrected chi connectivity index (χ1v) is 13.0. The van der Waals surface area contributed by atoms with Crippen molar-refractivity contribution in [2.45, 2.75) is 18.1 Å². The van der Waals surface area contributed by atoms with Crippen LogP contribution < -0.4 is 20.1 Å². The number of nitrogens with zero attached hydrogens (tertiary/aromatic N) is 3. The van der Waals surface area contributed by atoms with E-state index in [-0.39, 0.29) is 12.7 Å². The molecule has 1 amide bonds. The number of rotatable bonds is 9.